The number of guanidine groups is 1. The lowest BCUT2D eigenvalue weighted by Crippen LogP contribution is -2.55. The van der Waals surface area contributed by atoms with E-state index in [0.717, 1.165) is 31.6 Å². The first-order valence-corrected chi connectivity index (χ1v) is 9.12. The molecule has 26 heavy (non-hydrogen) atoms. The maximum Gasteiger partial charge on any atom is 0.289 e. The molecule has 7 nitrogen and oxygen atoms in total. The van der Waals surface area contributed by atoms with Crippen LogP contribution in [0.2, 0.25) is 0 Å². The highest BCUT2D eigenvalue weighted by atomic mass is 127. The molecule has 0 aromatic carbocycles. The maximum absolute atomic E-state index is 12.3. The van der Waals surface area contributed by atoms with E-state index >= 15 is 0 Å². The number of amides is 1. The third-order valence-electron chi connectivity index (χ3n) is 5.17. The Bertz CT molecular complexity index is 592. The SMILES string of the molecule is CN=C(NCC1(O)CCCCC1)N1CCN(C(=O)c2ccco2)CC1.I. The first-order valence-electron chi connectivity index (χ1n) is 9.12. The third-order valence-corrected chi connectivity index (χ3v) is 5.17. The van der Waals surface area contributed by atoms with Gasteiger partial charge in [0.05, 0.1) is 11.9 Å². The molecule has 3 rings (SSSR count). The molecule has 2 N–H and O–H groups in total. The molecule has 0 spiro atoms. The molecule has 0 radical (unpaired) electrons. The number of carbonyl (C=O) groups is 1. The Kier molecular flexibility index (Phi) is 7.75. The summed E-state index contributed by atoms with van der Waals surface area (Å²) in [6, 6.07) is 3.42. The van der Waals surface area contributed by atoms with E-state index in [1.807, 2.05) is 0 Å². The van der Waals surface area contributed by atoms with E-state index in [2.05, 4.69) is 15.2 Å². The van der Waals surface area contributed by atoms with E-state index in [-0.39, 0.29) is 29.9 Å². The maximum atomic E-state index is 12.3. The van der Waals surface area contributed by atoms with E-state index in [4.69, 9.17) is 4.42 Å². The molecular formula is C18H29IN4O3. The highest BCUT2D eigenvalue weighted by Gasteiger charge is 2.30. The van der Waals surface area contributed by atoms with E-state index in [1.54, 1.807) is 24.1 Å². The van der Waals surface area contributed by atoms with Gasteiger partial charge in [0.15, 0.2) is 11.7 Å². The second kappa shape index (κ2) is 9.59. The van der Waals surface area contributed by atoms with Gasteiger partial charge in [0, 0.05) is 39.8 Å². The first kappa shape index (κ1) is 21.0. The molecule has 1 aromatic heterocycles. The lowest BCUT2D eigenvalue weighted by Gasteiger charge is -2.38. The highest BCUT2D eigenvalue weighted by molar-refractivity contribution is 14.0. The summed E-state index contributed by atoms with van der Waals surface area (Å²) in [7, 11) is 1.76. The number of piperazine rings is 1. The molecule has 0 unspecified atom stereocenters. The average Bonchev–Trinajstić information content (AvgIpc) is 3.17. The Morgan fingerprint density at radius 2 is 1.88 bits per heavy atom. The average molecular weight is 476 g/mol. The van der Waals surface area contributed by atoms with Crippen molar-refractivity contribution in [3.8, 4) is 0 Å². The number of carbonyl (C=O) groups excluding carboxylic acids is 1. The quantitative estimate of drug-likeness (QED) is 0.396. The molecule has 1 amide bonds. The number of furan rings is 1. The predicted molar refractivity (Wildman–Crippen MR) is 111 cm³/mol. The lowest BCUT2D eigenvalue weighted by atomic mass is 9.85. The van der Waals surface area contributed by atoms with Gasteiger partial charge in [0.2, 0.25) is 0 Å². The Morgan fingerprint density at radius 3 is 2.46 bits per heavy atom. The number of hydrogen-bond donors (Lipinski definition) is 2. The fourth-order valence-electron chi connectivity index (χ4n) is 3.64. The van der Waals surface area contributed by atoms with Gasteiger partial charge in [0.25, 0.3) is 5.91 Å². The van der Waals surface area contributed by atoms with Crippen LogP contribution >= 0.6 is 24.0 Å². The largest absolute Gasteiger partial charge is 0.459 e. The standard InChI is InChI=1S/C18H28N4O3.HI/c1-19-17(20-14-18(24)7-3-2-4-8-18)22-11-9-21(10-12-22)16(23)15-6-5-13-25-15;/h5-6,13,24H,2-4,7-12,14H2,1H3,(H,19,20);1H. The smallest absolute Gasteiger partial charge is 0.289 e. The monoisotopic (exact) mass is 476 g/mol. The van der Waals surface area contributed by atoms with Crippen LogP contribution in [0.25, 0.3) is 0 Å². The minimum atomic E-state index is -0.620. The van der Waals surface area contributed by atoms with Gasteiger partial charge in [-0.2, -0.15) is 0 Å². The van der Waals surface area contributed by atoms with Crippen molar-refractivity contribution in [1.29, 1.82) is 0 Å². The summed E-state index contributed by atoms with van der Waals surface area (Å²) in [5.74, 6) is 1.11. The normalized spacial score (nSPS) is 20.5. The van der Waals surface area contributed by atoms with Gasteiger partial charge in [-0.05, 0) is 25.0 Å². The van der Waals surface area contributed by atoms with Gasteiger partial charge in [-0.3, -0.25) is 9.79 Å². The highest BCUT2D eigenvalue weighted by Crippen LogP contribution is 2.27. The molecule has 1 saturated heterocycles. The van der Waals surface area contributed by atoms with Crippen molar-refractivity contribution < 1.29 is 14.3 Å². The van der Waals surface area contributed by atoms with Gasteiger partial charge in [-0.1, -0.05) is 19.3 Å². The summed E-state index contributed by atoms with van der Waals surface area (Å²) in [4.78, 5) is 20.6. The molecule has 1 aliphatic heterocycles. The van der Waals surface area contributed by atoms with Crippen LogP contribution in [0.1, 0.15) is 42.7 Å². The van der Waals surface area contributed by atoms with Crippen LogP contribution in [-0.4, -0.2) is 72.1 Å². The van der Waals surface area contributed by atoms with Crippen molar-refractivity contribution in [3.05, 3.63) is 24.2 Å². The number of aliphatic hydroxyl groups is 1. The van der Waals surface area contributed by atoms with Gasteiger partial charge in [-0.15, -0.1) is 24.0 Å². The topological polar surface area (TPSA) is 81.3 Å². The Balaban J connectivity index is 0.00000243. The number of nitrogens with zero attached hydrogens (tertiary/aromatic N) is 3. The summed E-state index contributed by atoms with van der Waals surface area (Å²) in [6.07, 6.45) is 6.60. The van der Waals surface area contributed by atoms with Crippen molar-refractivity contribution in [3.63, 3.8) is 0 Å². The Morgan fingerprint density at radius 1 is 1.23 bits per heavy atom. The van der Waals surface area contributed by atoms with Crippen LogP contribution in [-0.2, 0) is 0 Å². The predicted octanol–water partition coefficient (Wildman–Crippen LogP) is 1.93. The molecule has 2 heterocycles. The molecule has 0 atom stereocenters. The van der Waals surface area contributed by atoms with Crippen molar-refractivity contribution >= 4 is 35.8 Å². The zero-order valence-corrected chi connectivity index (χ0v) is 17.6. The van der Waals surface area contributed by atoms with Crippen LogP contribution in [0.3, 0.4) is 0 Å². The molecule has 2 fully saturated rings. The van der Waals surface area contributed by atoms with Crippen LogP contribution < -0.4 is 5.32 Å². The van der Waals surface area contributed by atoms with E-state index in [0.29, 0.717) is 38.5 Å². The Labute approximate surface area is 171 Å². The van der Waals surface area contributed by atoms with Crippen LogP contribution in [0, 0.1) is 0 Å². The fraction of sp³-hybridized carbons (Fsp3) is 0.667. The molecule has 0 bridgehead atoms. The molecule has 1 aromatic rings. The van der Waals surface area contributed by atoms with Gasteiger partial charge >= 0.3 is 0 Å². The summed E-state index contributed by atoms with van der Waals surface area (Å²) in [5.41, 5.74) is -0.620. The summed E-state index contributed by atoms with van der Waals surface area (Å²) < 4.78 is 5.19. The Hall–Kier alpha value is -1.29. The second-order valence-electron chi connectivity index (χ2n) is 6.94. The van der Waals surface area contributed by atoms with Crippen molar-refractivity contribution in [2.75, 3.05) is 39.8 Å². The molecule has 146 valence electrons. The van der Waals surface area contributed by atoms with Crippen molar-refractivity contribution in [1.82, 2.24) is 15.1 Å². The molecule has 8 heteroatoms. The number of halogens is 1. The van der Waals surface area contributed by atoms with Crippen LogP contribution in [0.5, 0.6) is 0 Å². The molecular weight excluding hydrogens is 447 g/mol. The molecule has 1 saturated carbocycles. The molecule has 1 aliphatic carbocycles. The number of rotatable bonds is 3. The van der Waals surface area contributed by atoms with Gasteiger partial charge < -0.3 is 24.6 Å². The second-order valence-corrected chi connectivity index (χ2v) is 6.94. The third kappa shape index (κ3) is 5.12. The van der Waals surface area contributed by atoms with E-state index in [9.17, 15) is 9.90 Å². The van der Waals surface area contributed by atoms with Crippen molar-refractivity contribution in [2.24, 2.45) is 4.99 Å². The van der Waals surface area contributed by atoms with E-state index in [1.165, 1.54) is 12.7 Å². The van der Waals surface area contributed by atoms with Crippen LogP contribution in [0.4, 0.5) is 0 Å². The number of hydrogen-bond acceptors (Lipinski definition) is 4. The zero-order valence-electron chi connectivity index (χ0n) is 15.3. The fourth-order valence-corrected chi connectivity index (χ4v) is 3.64. The lowest BCUT2D eigenvalue weighted by molar-refractivity contribution is 0.00796. The number of nitrogens with one attached hydrogen (secondary N) is 1. The van der Waals surface area contributed by atoms with Crippen molar-refractivity contribution in [2.45, 2.75) is 37.7 Å². The molecule has 2 aliphatic rings. The first-order chi connectivity index (χ1) is 12.1. The summed E-state index contributed by atoms with van der Waals surface area (Å²) in [6.45, 7) is 3.22. The summed E-state index contributed by atoms with van der Waals surface area (Å²) >= 11 is 0. The van der Waals surface area contributed by atoms with Crippen LogP contribution in [0.15, 0.2) is 27.8 Å². The minimum absolute atomic E-state index is 0. The van der Waals surface area contributed by atoms with Gasteiger partial charge in [-0.25, -0.2) is 0 Å². The number of aliphatic imine (C=N–C) groups is 1. The summed E-state index contributed by atoms with van der Waals surface area (Å²) in [5, 5.41) is 14.0. The zero-order chi connectivity index (χ0) is 17.7. The van der Waals surface area contributed by atoms with E-state index < -0.39 is 5.60 Å². The minimum Gasteiger partial charge on any atom is -0.459 e. The van der Waals surface area contributed by atoms with Gasteiger partial charge in [0.1, 0.15) is 0 Å².